The summed E-state index contributed by atoms with van der Waals surface area (Å²) in [5.74, 6) is 1.20. The van der Waals surface area contributed by atoms with Crippen LogP contribution < -0.4 is 4.74 Å². The average Bonchev–Trinajstić information content (AvgIpc) is 2.86. The maximum absolute atomic E-state index is 15.1. The van der Waals surface area contributed by atoms with Gasteiger partial charge in [-0.1, -0.05) is 55.1 Å². The van der Waals surface area contributed by atoms with Crippen molar-refractivity contribution in [2.24, 2.45) is 0 Å². The molecule has 0 bridgehead atoms. The summed E-state index contributed by atoms with van der Waals surface area (Å²) in [6.45, 7) is 4.04. The van der Waals surface area contributed by atoms with Crippen LogP contribution in [0.5, 0.6) is 5.75 Å². The molecule has 0 fully saturated rings. The Bertz CT molecular complexity index is 1290. The lowest BCUT2D eigenvalue weighted by Gasteiger charge is -2.09. The largest absolute Gasteiger partial charge is 0.486 e. The summed E-state index contributed by atoms with van der Waals surface area (Å²) in [6, 6.07) is 19.3. The van der Waals surface area contributed by atoms with Gasteiger partial charge < -0.3 is 4.74 Å². The Hall–Kier alpha value is -4.04. The van der Waals surface area contributed by atoms with Crippen LogP contribution in [0.3, 0.4) is 0 Å². The maximum Gasteiger partial charge on any atom is 0.156 e. The number of halogens is 1. The third kappa shape index (κ3) is 5.61. The van der Waals surface area contributed by atoms with Crippen LogP contribution in [0.1, 0.15) is 28.1 Å². The molecule has 5 heteroatoms. The lowest BCUT2D eigenvalue weighted by Crippen LogP contribution is -2.00. The summed E-state index contributed by atoms with van der Waals surface area (Å²) in [7, 11) is 0. The van der Waals surface area contributed by atoms with Gasteiger partial charge in [-0.15, -0.1) is 0 Å². The van der Waals surface area contributed by atoms with Crippen LogP contribution in [0.4, 0.5) is 4.39 Å². The predicted molar refractivity (Wildman–Crippen MR) is 128 cm³/mol. The average molecular weight is 438 g/mol. The molecule has 0 aliphatic heterocycles. The number of rotatable bonds is 9. The molecule has 0 aliphatic carbocycles. The molecule has 0 aliphatic rings. The normalized spacial score (nSPS) is 10.7. The van der Waals surface area contributed by atoms with Crippen molar-refractivity contribution in [3.8, 4) is 11.8 Å². The van der Waals surface area contributed by atoms with Gasteiger partial charge in [-0.2, -0.15) is 5.26 Å². The van der Waals surface area contributed by atoms with Crippen molar-refractivity contribution in [2.75, 3.05) is 6.61 Å². The Morgan fingerprint density at radius 3 is 2.36 bits per heavy atom. The van der Waals surface area contributed by atoms with E-state index in [0.717, 1.165) is 35.2 Å². The monoisotopic (exact) mass is 437 g/mol. The van der Waals surface area contributed by atoms with Crippen LogP contribution in [0.25, 0.3) is 10.8 Å². The molecule has 0 N–H and O–H groups in total. The highest BCUT2D eigenvalue weighted by atomic mass is 19.1. The minimum absolute atomic E-state index is 0.161. The molecule has 0 saturated carbocycles. The standard InChI is InChI=1S/C28H24FN3O/c1-2-15-33-25-18-31-27(32-19-25)14-9-21-8-13-26-24(16-21)12-11-23(28(26)29)10-7-20-3-5-22(17-30)6-4-20/h2-6,8,11-13,16,18-19H,1,7,9-10,14-15H2. The van der Waals surface area contributed by atoms with Crippen LogP contribution in [0.2, 0.25) is 0 Å². The Kier molecular flexibility index (Phi) is 7.06. The number of nitriles is 1. The summed E-state index contributed by atoms with van der Waals surface area (Å²) in [6.07, 6.45) is 7.81. The van der Waals surface area contributed by atoms with E-state index < -0.39 is 0 Å². The molecule has 1 heterocycles. The van der Waals surface area contributed by atoms with Crippen molar-refractivity contribution < 1.29 is 9.13 Å². The van der Waals surface area contributed by atoms with E-state index in [2.05, 4.69) is 22.6 Å². The van der Waals surface area contributed by atoms with Crippen LogP contribution in [-0.4, -0.2) is 16.6 Å². The zero-order valence-corrected chi connectivity index (χ0v) is 18.3. The summed E-state index contributed by atoms with van der Waals surface area (Å²) >= 11 is 0. The number of hydrogen-bond acceptors (Lipinski definition) is 4. The van der Waals surface area contributed by atoms with Crippen molar-refractivity contribution >= 4 is 10.8 Å². The van der Waals surface area contributed by atoms with E-state index in [-0.39, 0.29) is 5.82 Å². The number of nitrogens with zero attached hydrogens (tertiary/aromatic N) is 3. The van der Waals surface area contributed by atoms with E-state index in [1.54, 1.807) is 30.6 Å². The first-order valence-electron chi connectivity index (χ1n) is 10.9. The van der Waals surface area contributed by atoms with Gasteiger partial charge in [-0.05, 0) is 53.5 Å². The zero-order valence-electron chi connectivity index (χ0n) is 18.3. The van der Waals surface area contributed by atoms with E-state index in [4.69, 9.17) is 10.00 Å². The van der Waals surface area contributed by atoms with Gasteiger partial charge in [0.1, 0.15) is 18.2 Å². The molecule has 0 saturated heterocycles. The van der Waals surface area contributed by atoms with Crippen molar-refractivity contribution in [3.63, 3.8) is 0 Å². The molecule has 0 amide bonds. The molecular weight excluding hydrogens is 413 g/mol. The second-order valence-electron chi connectivity index (χ2n) is 7.84. The molecule has 0 radical (unpaired) electrons. The molecule has 33 heavy (non-hydrogen) atoms. The summed E-state index contributed by atoms with van der Waals surface area (Å²) < 4.78 is 20.5. The Labute approximate surface area is 193 Å². The van der Waals surface area contributed by atoms with Crippen LogP contribution in [0, 0.1) is 17.1 Å². The lowest BCUT2D eigenvalue weighted by molar-refractivity contribution is 0.359. The number of aromatic nitrogens is 2. The highest BCUT2D eigenvalue weighted by Crippen LogP contribution is 2.24. The van der Waals surface area contributed by atoms with Gasteiger partial charge >= 0.3 is 0 Å². The maximum atomic E-state index is 15.1. The van der Waals surface area contributed by atoms with E-state index in [1.807, 2.05) is 42.5 Å². The molecule has 4 rings (SSSR count). The smallest absolute Gasteiger partial charge is 0.156 e. The molecule has 0 spiro atoms. The van der Waals surface area contributed by atoms with Crippen molar-refractivity contribution in [2.45, 2.75) is 25.7 Å². The van der Waals surface area contributed by atoms with Crippen LogP contribution >= 0.6 is 0 Å². The SMILES string of the molecule is C=CCOc1cnc(CCc2ccc3c(F)c(CCc4ccc(C#N)cc4)ccc3c2)nc1. The minimum atomic E-state index is -0.161. The summed E-state index contributed by atoms with van der Waals surface area (Å²) in [4.78, 5) is 8.69. The van der Waals surface area contributed by atoms with Crippen molar-refractivity contribution in [1.82, 2.24) is 9.97 Å². The lowest BCUT2D eigenvalue weighted by atomic mass is 9.98. The molecule has 1 aromatic heterocycles. The van der Waals surface area contributed by atoms with Gasteiger partial charge in [0.05, 0.1) is 24.0 Å². The number of hydrogen-bond donors (Lipinski definition) is 0. The summed E-state index contributed by atoms with van der Waals surface area (Å²) in [5, 5.41) is 10.4. The van der Waals surface area contributed by atoms with Gasteiger partial charge in [0.2, 0.25) is 0 Å². The number of benzene rings is 3. The fraction of sp³-hybridized carbons (Fsp3) is 0.179. The number of fused-ring (bicyclic) bond motifs is 1. The molecule has 0 atom stereocenters. The van der Waals surface area contributed by atoms with E-state index in [9.17, 15) is 0 Å². The quantitative estimate of drug-likeness (QED) is 0.312. The zero-order chi connectivity index (χ0) is 23.0. The third-order valence-corrected chi connectivity index (χ3v) is 5.55. The highest BCUT2D eigenvalue weighted by molar-refractivity contribution is 5.84. The summed E-state index contributed by atoms with van der Waals surface area (Å²) in [5.41, 5.74) is 3.54. The number of aryl methyl sites for hydroxylation is 4. The first-order chi connectivity index (χ1) is 16.2. The second kappa shape index (κ2) is 10.5. The van der Waals surface area contributed by atoms with E-state index >= 15 is 4.39 Å². The Morgan fingerprint density at radius 2 is 1.64 bits per heavy atom. The minimum Gasteiger partial charge on any atom is -0.486 e. The van der Waals surface area contributed by atoms with Gasteiger partial charge in [-0.25, -0.2) is 14.4 Å². The van der Waals surface area contributed by atoms with Crippen LogP contribution in [-0.2, 0) is 25.7 Å². The molecule has 164 valence electrons. The van der Waals surface area contributed by atoms with Crippen molar-refractivity contribution in [1.29, 1.82) is 5.26 Å². The molecule has 4 nitrogen and oxygen atoms in total. The second-order valence-corrected chi connectivity index (χ2v) is 7.84. The predicted octanol–water partition coefficient (Wildman–Crippen LogP) is 5.78. The highest BCUT2D eigenvalue weighted by Gasteiger charge is 2.09. The third-order valence-electron chi connectivity index (χ3n) is 5.55. The van der Waals surface area contributed by atoms with Gasteiger partial charge in [0, 0.05) is 11.8 Å². The first-order valence-corrected chi connectivity index (χ1v) is 10.9. The van der Waals surface area contributed by atoms with Gasteiger partial charge in [0.25, 0.3) is 0 Å². The van der Waals surface area contributed by atoms with Crippen LogP contribution in [0.15, 0.2) is 79.6 Å². The van der Waals surface area contributed by atoms with E-state index in [0.29, 0.717) is 41.7 Å². The van der Waals surface area contributed by atoms with E-state index in [1.165, 1.54) is 0 Å². The molecular formula is C28H24FN3O. The Balaban J connectivity index is 1.40. The first kappa shape index (κ1) is 22.2. The Morgan fingerprint density at radius 1 is 0.909 bits per heavy atom. The molecule has 0 unspecified atom stereocenters. The molecule has 3 aromatic carbocycles. The van der Waals surface area contributed by atoms with Gasteiger partial charge in [0.15, 0.2) is 5.75 Å². The van der Waals surface area contributed by atoms with Gasteiger partial charge in [-0.3, -0.25) is 0 Å². The fourth-order valence-corrected chi connectivity index (χ4v) is 3.72. The molecule has 4 aromatic rings. The number of ether oxygens (including phenoxy) is 1. The van der Waals surface area contributed by atoms with Crippen molar-refractivity contribution in [3.05, 3.63) is 114 Å². The topological polar surface area (TPSA) is 58.8 Å². The fourth-order valence-electron chi connectivity index (χ4n) is 3.72.